The molecule has 0 aromatic carbocycles. The minimum absolute atomic E-state index is 0.256. The maximum absolute atomic E-state index is 10.5. The van der Waals surface area contributed by atoms with Gasteiger partial charge >= 0.3 is 0 Å². The molecule has 2 unspecified atom stereocenters. The molecule has 0 saturated carbocycles. The molecular formula is C7H13ClO2. The third-order valence-corrected chi connectivity index (χ3v) is 1.78. The van der Waals surface area contributed by atoms with Gasteiger partial charge < -0.3 is 5.11 Å². The molecule has 0 heterocycles. The van der Waals surface area contributed by atoms with E-state index >= 15 is 0 Å². The van der Waals surface area contributed by atoms with Crippen molar-refractivity contribution >= 4 is 17.4 Å². The minimum Gasteiger partial charge on any atom is -0.384 e. The van der Waals surface area contributed by atoms with Crippen LogP contribution in [0.4, 0.5) is 0 Å². The van der Waals surface area contributed by atoms with E-state index in [4.69, 9.17) is 16.7 Å². The van der Waals surface area contributed by atoms with Crippen molar-refractivity contribution in [1.82, 2.24) is 0 Å². The van der Waals surface area contributed by atoms with Crippen molar-refractivity contribution in [2.24, 2.45) is 0 Å². The number of halogens is 1. The van der Waals surface area contributed by atoms with E-state index < -0.39 is 11.5 Å². The van der Waals surface area contributed by atoms with Gasteiger partial charge in [0.05, 0.1) is 5.38 Å². The summed E-state index contributed by atoms with van der Waals surface area (Å²) in [7, 11) is 0. The summed E-state index contributed by atoms with van der Waals surface area (Å²) < 4.78 is 0. The van der Waals surface area contributed by atoms with Gasteiger partial charge in [0.2, 0.25) is 0 Å². The van der Waals surface area contributed by atoms with Crippen molar-refractivity contribution in [2.45, 2.75) is 38.2 Å². The Hall–Kier alpha value is -0.0800. The highest BCUT2D eigenvalue weighted by Crippen LogP contribution is 2.10. The number of rotatable bonds is 4. The van der Waals surface area contributed by atoms with Crippen molar-refractivity contribution in [3.63, 3.8) is 0 Å². The molecule has 0 aromatic heterocycles. The summed E-state index contributed by atoms with van der Waals surface area (Å²) >= 11 is 5.66. The summed E-state index contributed by atoms with van der Waals surface area (Å²) in [6.07, 6.45) is 0.586. The van der Waals surface area contributed by atoms with Crippen LogP contribution in [-0.2, 0) is 4.79 Å². The van der Waals surface area contributed by atoms with Crippen molar-refractivity contribution in [3.8, 4) is 0 Å². The molecule has 0 saturated heterocycles. The lowest BCUT2D eigenvalue weighted by Crippen LogP contribution is -2.27. The van der Waals surface area contributed by atoms with Gasteiger partial charge in [0.15, 0.2) is 5.78 Å². The minimum atomic E-state index is -0.985. The smallest absolute Gasteiger partial charge is 0.159 e. The number of hydrogen-bond acceptors (Lipinski definition) is 2. The van der Waals surface area contributed by atoms with E-state index in [-0.39, 0.29) is 5.78 Å². The number of aliphatic hydroxyl groups is 1. The van der Waals surface area contributed by atoms with Gasteiger partial charge in [-0.15, -0.1) is 11.6 Å². The van der Waals surface area contributed by atoms with Gasteiger partial charge in [0.1, 0.15) is 6.10 Å². The lowest BCUT2D eigenvalue weighted by molar-refractivity contribution is -0.125. The predicted molar refractivity (Wildman–Crippen MR) is 41.2 cm³/mol. The summed E-state index contributed by atoms with van der Waals surface area (Å²) in [6.45, 7) is 3.30. The molecule has 0 aliphatic heterocycles. The number of hydrogen-bond donors (Lipinski definition) is 1. The number of carbonyl (C=O) groups excluding carboxylic acids is 1. The first kappa shape index (κ1) is 9.92. The Labute approximate surface area is 66.2 Å². The molecule has 2 nitrogen and oxygen atoms in total. The fraction of sp³-hybridized carbons (Fsp3) is 0.857. The van der Waals surface area contributed by atoms with Crippen LogP contribution in [0.3, 0.4) is 0 Å². The molecule has 2 atom stereocenters. The summed E-state index contributed by atoms with van der Waals surface area (Å²) in [5.41, 5.74) is 0. The Balaban J connectivity index is 3.69. The van der Waals surface area contributed by atoms with Crippen LogP contribution in [0.2, 0.25) is 0 Å². The number of Topliss-reactive ketones (excluding diaryl/α,β-unsaturated/α-hetero) is 1. The van der Waals surface area contributed by atoms with Crippen LogP contribution in [0, 0.1) is 0 Å². The fourth-order valence-corrected chi connectivity index (χ4v) is 1.08. The van der Waals surface area contributed by atoms with Crippen LogP contribution in [0.15, 0.2) is 0 Å². The van der Waals surface area contributed by atoms with E-state index in [1.54, 1.807) is 0 Å². The quantitative estimate of drug-likeness (QED) is 0.637. The highest BCUT2D eigenvalue weighted by Gasteiger charge is 2.19. The molecule has 3 heteroatoms. The van der Waals surface area contributed by atoms with Gasteiger partial charge in [-0.3, -0.25) is 4.79 Å². The lowest BCUT2D eigenvalue weighted by Gasteiger charge is -2.11. The van der Waals surface area contributed by atoms with Crippen molar-refractivity contribution in [3.05, 3.63) is 0 Å². The molecule has 10 heavy (non-hydrogen) atoms. The van der Waals surface area contributed by atoms with Crippen molar-refractivity contribution in [1.29, 1.82) is 0 Å². The lowest BCUT2D eigenvalue weighted by atomic mass is 10.1. The van der Waals surface area contributed by atoms with Gasteiger partial charge in [-0.05, 0) is 13.3 Å². The van der Waals surface area contributed by atoms with E-state index in [9.17, 15) is 4.79 Å². The van der Waals surface area contributed by atoms with Crippen LogP contribution in [-0.4, -0.2) is 22.4 Å². The van der Waals surface area contributed by atoms with E-state index in [0.29, 0.717) is 6.42 Å². The largest absolute Gasteiger partial charge is 0.384 e. The molecule has 0 spiro atoms. The highest BCUT2D eigenvalue weighted by molar-refractivity contribution is 6.22. The van der Waals surface area contributed by atoms with E-state index in [2.05, 4.69) is 0 Å². The van der Waals surface area contributed by atoms with Crippen LogP contribution in [0.5, 0.6) is 0 Å². The highest BCUT2D eigenvalue weighted by atomic mass is 35.5. The molecule has 0 aliphatic rings. The van der Waals surface area contributed by atoms with Crippen LogP contribution in [0.1, 0.15) is 26.7 Å². The molecule has 0 bridgehead atoms. The first-order valence-corrected chi connectivity index (χ1v) is 3.85. The number of carbonyl (C=O) groups is 1. The number of ketones is 1. The molecular weight excluding hydrogens is 152 g/mol. The van der Waals surface area contributed by atoms with Crippen LogP contribution >= 0.6 is 11.6 Å². The van der Waals surface area contributed by atoms with Crippen molar-refractivity contribution in [2.75, 3.05) is 0 Å². The third-order valence-electron chi connectivity index (χ3n) is 1.32. The maximum atomic E-state index is 10.5. The average molecular weight is 165 g/mol. The zero-order chi connectivity index (χ0) is 8.15. The van der Waals surface area contributed by atoms with E-state index in [1.165, 1.54) is 6.92 Å². The van der Waals surface area contributed by atoms with Crippen molar-refractivity contribution < 1.29 is 9.90 Å². The molecule has 0 amide bonds. The Morgan fingerprint density at radius 2 is 2.20 bits per heavy atom. The zero-order valence-electron chi connectivity index (χ0n) is 6.30. The van der Waals surface area contributed by atoms with Gasteiger partial charge in [-0.2, -0.15) is 0 Å². The monoisotopic (exact) mass is 164 g/mol. The van der Waals surface area contributed by atoms with Crippen LogP contribution < -0.4 is 0 Å². The topological polar surface area (TPSA) is 37.3 Å². The summed E-state index contributed by atoms with van der Waals surface area (Å²) in [6, 6.07) is 0. The van der Waals surface area contributed by atoms with Gasteiger partial charge in [0, 0.05) is 0 Å². The Morgan fingerprint density at radius 1 is 1.70 bits per heavy atom. The van der Waals surface area contributed by atoms with Gasteiger partial charge in [0.25, 0.3) is 0 Å². The Morgan fingerprint density at radius 3 is 2.50 bits per heavy atom. The molecule has 0 radical (unpaired) electrons. The Bertz CT molecular complexity index is 114. The average Bonchev–Trinajstić information content (AvgIpc) is 1.87. The first-order valence-electron chi connectivity index (χ1n) is 3.42. The summed E-state index contributed by atoms with van der Waals surface area (Å²) in [5.74, 6) is -0.256. The first-order chi connectivity index (χ1) is 4.59. The number of alkyl halides is 1. The predicted octanol–water partition coefficient (Wildman–Crippen LogP) is 1.34. The van der Waals surface area contributed by atoms with E-state index in [1.807, 2.05) is 6.92 Å². The number of aliphatic hydroxyl groups excluding tert-OH is 1. The van der Waals surface area contributed by atoms with E-state index in [0.717, 1.165) is 6.42 Å². The molecule has 0 aromatic rings. The SMILES string of the molecule is CCCC(Cl)C(O)C(C)=O. The van der Waals surface area contributed by atoms with Gasteiger partial charge in [-0.25, -0.2) is 0 Å². The molecule has 0 fully saturated rings. The molecule has 60 valence electrons. The molecule has 0 aliphatic carbocycles. The standard InChI is InChI=1S/C7H13ClO2/c1-3-4-6(8)7(10)5(2)9/h6-7,10H,3-4H2,1-2H3. The zero-order valence-corrected chi connectivity index (χ0v) is 7.06. The van der Waals surface area contributed by atoms with Crippen LogP contribution in [0.25, 0.3) is 0 Å². The summed E-state index contributed by atoms with van der Waals surface area (Å²) in [5, 5.41) is 8.63. The maximum Gasteiger partial charge on any atom is 0.159 e. The normalized spacial score (nSPS) is 16.4. The fourth-order valence-electron chi connectivity index (χ4n) is 0.688. The molecule has 1 N–H and O–H groups in total. The third kappa shape index (κ3) is 3.18. The molecule has 0 rings (SSSR count). The second kappa shape index (κ2) is 4.69. The second-order valence-corrected chi connectivity index (χ2v) is 2.92. The second-order valence-electron chi connectivity index (χ2n) is 2.36. The Kier molecular flexibility index (Phi) is 4.65. The van der Waals surface area contributed by atoms with Gasteiger partial charge in [-0.1, -0.05) is 13.3 Å². The summed E-state index contributed by atoms with van der Waals surface area (Å²) in [4.78, 5) is 10.5.